The number of ether oxygens (including phenoxy) is 1. The molecule has 0 aliphatic carbocycles. The number of aromatic amines is 1. The molecule has 2 N–H and O–H groups in total. The van der Waals surface area contributed by atoms with E-state index in [4.69, 9.17) is 16.3 Å². The summed E-state index contributed by atoms with van der Waals surface area (Å²) in [5.41, 5.74) is 2.45. The van der Waals surface area contributed by atoms with Gasteiger partial charge in [0.2, 0.25) is 0 Å². The summed E-state index contributed by atoms with van der Waals surface area (Å²) in [5.74, 6) is 0.308. The van der Waals surface area contributed by atoms with E-state index in [1.807, 2.05) is 32.0 Å². The first-order valence-corrected chi connectivity index (χ1v) is 9.90. The lowest BCUT2D eigenvalue weighted by Gasteiger charge is -2.25. The number of hydrogen-bond acceptors (Lipinski definition) is 3. The van der Waals surface area contributed by atoms with E-state index in [0.29, 0.717) is 29.3 Å². The maximum absolute atomic E-state index is 12.6. The van der Waals surface area contributed by atoms with Crippen LogP contribution in [0.4, 0.5) is 0 Å². The van der Waals surface area contributed by atoms with Crippen molar-refractivity contribution in [1.82, 2.24) is 10.3 Å². The number of benzene rings is 2. The molecule has 1 amide bonds. The van der Waals surface area contributed by atoms with Crippen molar-refractivity contribution in [2.24, 2.45) is 0 Å². The average molecular weight is 413 g/mol. The van der Waals surface area contributed by atoms with Gasteiger partial charge in [0.05, 0.1) is 5.52 Å². The molecule has 1 heterocycles. The van der Waals surface area contributed by atoms with Crippen molar-refractivity contribution in [3.63, 3.8) is 0 Å². The number of rotatable bonds is 6. The number of hydrogen-bond donors (Lipinski definition) is 2. The van der Waals surface area contributed by atoms with Gasteiger partial charge in [-0.15, -0.1) is 0 Å². The summed E-state index contributed by atoms with van der Waals surface area (Å²) in [4.78, 5) is 28.0. The smallest absolute Gasteiger partial charge is 0.263 e. The molecule has 0 aliphatic heterocycles. The molecule has 152 valence electrons. The highest BCUT2D eigenvalue weighted by molar-refractivity contribution is 6.30. The highest BCUT2D eigenvalue weighted by Crippen LogP contribution is 2.21. The van der Waals surface area contributed by atoms with Crippen LogP contribution in [0.25, 0.3) is 10.9 Å². The summed E-state index contributed by atoms with van der Waals surface area (Å²) in [7, 11) is 0. The molecular weight excluding hydrogens is 388 g/mol. The van der Waals surface area contributed by atoms with Gasteiger partial charge in [-0.25, -0.2) is 0 Å². The summed E-state index contributed by atoms with van der Waals surface area (Å²) in [5, 5.41) is 4.49. The molecule has 0 spiro atoms. The molecule has 0 atom stereocenters. The van der Waals surface area contributed by atoms with Crippen molar-refractivity contribution in [2.75, 3.05) is 6.54 Å². The number of fused-ring (bicyclic) bond motifs is 1. The van der Waals surface area contributed by atoms with E-state index in [9.17, 15) is 9.59 Å². The highest BCUT2D eigenvalue weighted by atomic mass is 35.5. The number of aromatic nitrogens is 1. The third-order valence-corrected chi connectivity index (χ3v) is 5.19. The zero-order valence-corrected chi connectivity index (χ0v) is 17.8. The first kappa shape index (κ1) is 20.9. The third-order valence-electron chi connectivity index (χ3n) is 4.93. The molecule has 5 nitrogen and oxygen atoms in total. The Hall–Kier alpha value is -2.79. The molecule has 0 fully saturated rings. The fraction of sp³-hybridized carbons (Fsp3) is 0.304. The lowest BCUT2D eigenvalue weighted by atomic mass is 10.0. The van der Waals surface area contributed by atoms with E-state index in [1.54, 1.807) is 38.1 Å². The van der Waals surface area contributed by atoms with Crippen LogP contribution in [-0.2, 0) is 11.2 Å². The molecule has 6 heteroatoms. The minimum Gasteiger partial charge on any atom is -0.478 e. The summed E-state index contributed by atoms with van der Waals surface area (Å²) < 4.78 is 5.79. The fourth-order valence-electron chi connectivity index (χ4n) is 3.17. The van der Waals surface area contributed by atoms with Crippen LogP contribution >= 0.6 is 11.6 Å². The van der Waals surface area contributed by atoms with Gasteiger partial charge in [0.1, 0.15) is 5.75 Å². The van der Waals surface area contributed by atoms with Gasteiger partial charge in [-0.1, -0.05) is 23.7 Å². The maximum atomic E-state index is 12.6. The van der Waals surface area contributed by atoms with Gasteiger partial charge in [0.25, 0.3) is 11.5 Å². The van der Waals surface area contributed by atoms with E-state index >= 15 is 0 Å². The summed E-state index contributed by atoms with van der Waals surface area (Å²) in [6.07, 6.45) is 0.432. The van der Waals surface area contributed by atoms with Crippen LogP contribution in [0.1, 0.15) is 30.5 Å². The van der Waals surface area contributed by atoms with E-state index in [2.05, 4.69) is 10.3 Å². The van der Waals surface area contributed by atoms with Crippen LogP contribution in [0.2, 0.25) is 5.02 Å². The Bertz CT molecular complexity index is 1100. The Morgan fingerprint density at radius 3 is 2.45 bits per heavy atom. The molecule has 29 heavy (non-hydrogen) atoms. The highest BCUT2D eigenvalue weighted by Gasteiger charge is 2.29. The molecule has 3 aromatic rings. The lowest BCUT2D eigenvalue weighted by molar-refractivity contribution is -0.134. The fourth-order valence-corrected chi connectivity index (χ4v) is 3.30. The predicted octanol–water partition coefficient (Wildman–Crippen LogP) is 4.31. The summed E-state index contributed by atoms with van der Waals surface area (Å²) >= 11 is 5.88. The standard InChI is InChI=1S/C23H25ClN2O3/c1-14-5-6-15(2)20-19(14)13-16(21(27)26-20)11-12-25-22(28)23(3,4)29-18-9-7-17(24)8-10-18/h5-10,13H,11-12H2,1-4H3,(H,25,28)(H,26,27). The largest absolute Gasteiger partial charge is 0.478 e. The number of halogens is 1. The Kier molecular flexibility index (Phi) is 5.99. The maximum Gasteiger partial charge on any atom is 0.263 e. The SMILES string of the molecule is Cc1ccc(C)c2[nH]c(=O)c(CCNC(=O)C(C)(C)Oc3ccc(Cl)cc3)cc12. The van der Waals surface area contributed by atoms with Crippen LogP contribution in [0.5, 0.6) is 5.75 Å². The van der Waals surface area contributed by atoms with E-state index in [-0.39, 0.29) is 11.5 Å². The topological polar surface area (TPSA) is 71.2 Å². The minimum absolute atomic E-state index is 0.128. The van der Waals surface area contributed by atoms with Gasteiger partial charge in [-0.2, -0.15) is 0 Å². The molecule has 0 radical (unpaired) electrons. The first-order chi connectivity index (χ1) is 13.7. The lowest BCUT2D eigenvalue weighted by Crippen LogP contribution is -2.47. The zero-order chi connectivity index (χ0) is 21.2. The molecule has 3 rings (SSSR count). The Labute approximate surface area is 175 Å². The molecule has 1 aromatic heterocycles. The molecule has 0 saturated heterocycles. The molecule has 0 unspecified atom stereocenters. The van der Waals surface area contributed by atoms with Crippen LogP contribution in [-0.4, -0.2) is 23.0 Å². The Morgan fingerprint density at radius 2 is 1.76 bits per heavy atom. The van der Waals surface area contributed by atoms with Crippen molar-refractivity contribution in [3.05, 3.63) is 74.5 Å². The molecule has 0 saturated carbocycles. The van der Waals surface area contributed by atoms with Gasteiger partial charge in [0.15, 0.2) is 5.60 Å². The molecule has 0 bridgehead atoms. The van der Waals surface area contributed by atoms with E-state index in [1.165, 1.54) is 0 Å². The number of aryl methyl sites for hydroxylation is 2. The number of amides is 1. The summed E-state index contributed by atoms with van der Waals surface area (Å²) in [6, 6.07) is 12.8. The molecule has 2 aromatic carbocycles. The van der Waals surface area contributed by atoms with Crippen LogP contribution in [0.15, 0.2) is 47.3 Å². The van der Waals surface area contributed by atoms with Crippen molar-refractivity contribution in [1.29, 1.82) is 0 Å². The second kappa shape index (κ2) is 8.29. The molecule has 0 aliphatic rings. The van der Waals surface area contributed by atoms with Gasteiger partial charge in [-0.05, 0) is 75.6 Å². The van der Waals surface area contributed by atoms with Gasteiger partial charge in [0, 0.05) is 22.5 Å². The van der Waals surface area contributed by atoms with Crippen LogP contribution < -0.4 is 15.6 Å². The third kappa shape index (κ3) is 4.80. The Morgan fingerprint density at radius 1 is 1.10 bits per heavy atom. The van der Waals surface area contributed by atoms with Crippen LogP contribution in [0, 0.1) is 13.8 Å². The summed E-state index contributed by atoms with van der Waals surface area (Å²) in [6.45, 7) is 7.73. The average Bonchev–Trinajstić information content (AvgIpc) is 2.67. The zero-order valence-electron chi connectivity index (χ0n) is 17.1. The number of carbonyl (C=O) groups excluding carboxylic acids is 1. The van der Waals surface area contributed by atoms with Gasteiger partial charge in [-0.3, -0.25) is 9.59 Å². The normalized spacial score (nSPS) is 11.5. The van der Waals surface area contributed by atoms with Crippen molar-refractivity contribution in [3.8, 4) is 5.75 Å². The Balaban J connectivity index is 1.66. The second-order valence-corrected chi connectivity index (χ2v) is 8.12. The number of nitrogens with one attached hydrogen (secondary N) is 2. The first-order valence-electron chi connectivity index (χ1n) is 9.52. The molecular formula is C23H25ClN2O3. The quantitative estimate of drug-likeness (QED) is 0.633. The second-order valence-electron chi connectivity index (χ2n) is 7.68. The van der Waals surface area contributed by atoms with Crippen LogP contribution in [0.3, 0.4) is 0 Å². The predicted molar refractivity (Wildman–Crippen MR) is 117 cm³/mol. The van der Waals surface area contributed by atoms with Crippen molar-refractivity contribution >= 4 is 28.4 Å². The van der Waals surface area contributed by atoms with Crippen molar-refractivity contribution in [2.45, 2.75) is 39.7 Å². The van der Waals surface area contributed by atoms with Gasteiger partial charge < -0.3 is 15.0 Å². The minimum atomic E-state index is -1.06. The van der Waals surface area contributed by atoms with Crippen molar-refractivity contribution < 1.29 is 9.53 Å². The number of pyridine rings is 1. The number of carbonyl (C=O) groups is 1. The van der Waals surface area contributed by atoms with Gasteiger partial charge >= 0.3 is 0 Å². The van der Waals surface area contributed by atoms with E-state index < -0.39 is 5.60 Å². The van der Waals surface area contributed by atoms with E-state index in [0.717, 1.165) is 22.0 Å². The number of H-pyrrole nitrogens is 1. The monoisotopic (exact) mass is 412 g/mol.